The van der Waals surface area contributed by atoms with E-state index < -0.39 is 5.41 Å². The molecule has 10 aromatic carbocycles. The number of hydrogen-bond acceptors (Lipinski definition) is 3. The van der Waals surface area contributed by atoms with Gasteiger partial charge < -0.3 is 9.32 Å². The Hall–Kier alpha value is -9.12. The van der Waals surface area contributed by atoms with Crippen LogP contribution in [0.5, 0.6) is 0 Å². The van der Waals surface area contributed by atoms with Crippen molar-refractivity contribution in [3.8, 4) is 33.4 Å². The van der Waals surface area contributed by atoms with Crippen molar-refractivity contribution in [1.29, 1.82) is 0 Å². The van der Waals surface area contributed by atoms with E-state index in [0.29, 0.717) is 12.4 Å². The molecule has 71 heavy (non-hydrogen) atoms. The summed E-state index contributed by atoms with van der Waals surface area (Å²) in [5.41, 5.74) is 20.7. The van der Waals surface area contributed by atoms with Crippen LogP contribution < -0.4 is 4.90 Å². The van der Waals surface area contributed by atoms with E-state index in [1.807, 2.05) is 43.3 Å². The molecule has 4 nitrogen and oxygen atoms in total. The number of aliphatic imine (C=N–C) groups is 2. The summed E-state index contributed by atoms with van der Waals surface area (Å²) in [5.74, 6) is 0.692. The second kappa shape index (κ2) is 18.1. The van der Waals surface area contributed by atoms with Crippen LogP contribution in [0, 0.1) is 0 Å². The van der Waals surface area contributed by atoms with Crippen molar-refractivity contribution >= 4 is 50.5 Å². The number of fused-ring (bicyclic) bond motifs is 12. The second-order valence-electron chi connectivity index (χ2n) is 18.0. The van der Waals surface area contributed by atoms with E-state index in [4.69, 9.17) is 14.4 Å². The molecule has 0 unspecified atom stereocenters. The van der Waals surface area contributed by atoms with Crippen molar-refractivity contribution in [2.24, 2.45) is 9.98 Å². The standard InChI is InChI=1S/C65H45N3O.C2H4/c1-43(44-19-6-2-7-20-44)67-64(47-25-12-5-13-26-47)66-42-50-27-18-32-62-63(50)54-41-51(35-38-61(54)69-62)68-59-36-33-48(45-21-8-3-9-22-45)39-57(59)65(55-30-16-14-28-52(55)53-29-15-17-31-56(53)65)58-40-49(34-37-60(58)68)46-23-10-4-11-24-46;1-2/h2-41H,42H2,1H3;1-2H2. The summed E-state index contributed by atoms with van der Waals surface area (Å²) in [7, 11) is 0. The number of nitrogens with zero attached hydrogens (tertiary/aromatic N) is 3. The van der Waals surface area contributed by atoms with Crippen molar-refractivity contribution in [1.82, 2.24) is 0 Å². The van der Waals surface area contributed by atoms with Crippen LogP contribution in [0.15, 0.2) is 270 Å². The lowest BCUT2D eigenvalue weighted by Gasteiger charge is -2.45. The number of anilines is 3. The highest BCUT2D eigenvalue weighted by atomic mass is 16.3. The summed E-state index contributed by atoms with van der Waals surface area (Å²) in [6.07, 6.45) is 0. The van der Waals surface area contributed by atoms with Gasteiger partial charge in [0.25, 0.3) is 0 Å². The van der Waals surface area contributed by atoms with Gasteiger partial charge in [0.15, 0.2) is 5.84 Å². The van der Waals surface area contributed by atoms with E-state index >= 15 is 0 Å². The van der Waals surface area contributed by atoms with Crippen LogP contribution >= 0.6 is 0 Å². The van der Waals surface area contributed by atoms with E-state index in [-0.39, 0.29) is 0 Å². The molecule has 1 aromatic heterocycles. The maximum Gasteiger partial charge on any atom is 0.155 e. The van der Waals surface area contributed by atoms with Crippen LogP contribution in [-0.4, -0.2) is 11.5 Å². The summed E-state index contributed by atoms with van der Waals surface area (Å²) in [5, 5.41) is 2.10. The first kappa shape index (κ1) is 43.2. The summed E-state index contributed by atoms with van der Waals surface area (Å²) in [6, 6.07) is 87.4. The Morgan fingerprint density at radius 2 is 0.986 bits per heavy atom. The molecule has 2 heterocycles. The molecule has 1 aliphatic carbocycles. The number of amidine groups is 1. The molecule has 11 aromatic rings. The maximum absolute atomic E-state index is 6.68. The normalized spacial score (nSPS) is 13.3. The Morgan fingerprint density at radius 3 is 1.56 bits per heavy atom. The Balaban J connectivity index is 0.00000256. The van der Waals surface area contributed by atoms with Gasteiger partial charge in [0.2, 0.25) is 0 Å². The third-order valence-corrected chi connectivity index (χ3v) is 14.2. The summed E-state index contributed by atoms with van der Waals surface area (Å²) < 4.78 is 6.68. The summed E-state index contributed by atoms with van der Waals surface area (Å²) in [4.78, 5) is 12.9. The fourth-order valence-electron chi connectivity index (χ4n) is 11.1. The molecule has 0 bridgehead atoms. The van der Waals surface area contributed by atoms with Crippen molar-refractivity contribution in [3.05, 3.63) is 295 Å². The van der Waals surface area contributed by atoms with E-state index in [0.717, 1.165) is 61.4 Å². The molecule has 0 radical (unpaired) electrons. The zero-order valence-corrected chi connectivity index (χ0v) is 39.5. The predicted molar refractivity (Wildman–Crippen MR) is 297 cm³/mol. The molecule has 0 fully saturated rings. The van der Waals surface area contributed by atoms with Gasteiger partial charge in [-0.2, -0.15) is 0 Å². The minimum Gasteiger partial charge on any atom is -0.456 e. The minimum atomic E-state index is -0.612. The van der Waals surface area contributed by atoms with Gasteiger partial charge in [-0.25, -0.2) is 4.99 Å². The fourth-order valence-corrected chi connectivity index (χ4v) is 11.1. The van der Waals surface area contributed by atoms with E-state index in [9.17, 15) is 0 Å². The lowest BCUT2D eigenvalue weighted by atomic mass is 9.64. The molecule has 0 saturated heterocycles. The highest BCUT2D eigenvalue weighted by molar-refractivity contribution is 6.12. The molecular formula is C67H49N3O. The summed E-state index contributed by atoms with van der Waals surface area (Å²) >= 11 is 0. The average Bonchev–Trinajstić information content (AvgIpc) is 3.98. The van der Waals surface area contributed by atoms with Crippen LogP contribution in [0.4, 0.5) is 17.1 Å². The lowest BCUT2D eigenvalue weighted by molar-refractivity contribution is 0.668. The van der Waals surface area contributed by atoms with E-state index in [1.165, 1.54) is 55.6 Å². The SMILES string of the molecule is C=C.CC(=NC(=NCc1cccc2oc3ccc(N4c5ccc(-c6ccccc6)cc5C5(c6ccccc6-c6ccccc65)c5cc(-c6ccccc6)ccc54)cc3c12)c1ccccc1)c1ccccc1. The first-order valence-electron chi connectivity index (χ1n) is 24.2. The van der Waals surface area contributed by atoms with Gasteiger partial charge in [-0.3, -0.25) is 4.99 Å². The molecule has 0 atom stereocenters. The first-order valence-corrected chi connectivity index (χ1v) is 24.2. The number of rotatable bonds is 7. The van der Waals surface area contributed by atoms with Crippen molar-refractivity contribution in [3.63, 3.8) is 0 Å². The van der Waals surface area contributed by atoms with Crippen LogP contribution in [-0.2, 0) is 12.0 Å². The highest BCUT2D eigenvalue weighted by Gasteiger charge is 2.52. The van der Waals surface area contributed by atoms with Gasteiger partial charge >= 0.3 is 0 Å². The Morgan fingerprint density at radius 1 is 0.465 bits per heavy atom. The Bertz CT molecular complexity index is 3700. The maximum atomic E-state index is 6.68. The van der Waals surface area contributed by atoms with Crippen molar-refractivity contribution in [2.45, 2.75) is 18.9 Å². The monoisotopic (exact) mass is 911 g/mol. The predicted octanol–water partition coefficient (Wildman–Crippen LogP) is 17.3. The Labute approximate surface area is 414 Å². The largest absolute Gasteiger partial charge is 0.456 e. The zero-order valence-electron chi connectivity index (χ0n) is 39.5. The van der Waals surface area contributed by atoms with Crippen LogP contribution in [0.25, 0.3) is 55.3 Å². The van der Waals surface area contributed by atoms with Gasteiger partial charge in [0.05, 0.1) is 23.3 Å². The third-order valence-electron chi connectivity index (χ3n) is 14.2. The van der Waals surface area contributed by atoms with Gasteiger partial charge in [-0.1, -0.05) is 194 Å². The topological polar surface area (TPSA) is 41.1 Å². The summed E-state index contributed by atoms with van der Waals surface area (Å²) in [6.45, 7) is 8.47. The highest BCUT2D eigenvalue weighted by Crippen LogP contribution is 2.64. The number of furan rings is 1. The fraction of sp³-hybridized carbons (Fsp3) is 0.0448. The smallest absolute Gasteiger partial charge is 0.155 e. The van der Waals surface area contributed by atoms with E-state index in [1.54, 1.807) is 0 Å². The molecule has 0 saturated carbocycles. The molecular weight excluding hydrogens is 863 g/mol. The number of benzene rings is 10. The first-order chi connectivity index (χ1) is 35.1. The van der Waals surface area contributed by atoms with Crippen LogP contribution in [0.2, 0.25) is 0 Å². The van der Waals surface area contributed by atoms with Gasteiger partial charge in [-0.05, 0) is 122 Å². The van der Waals surface area contributed by atoms with Gasteiger partial charge in [0.1, 0.15) is 11.2 Å². The van der Waals surface area contributed by atoms with Crippen LogP contribution in [0.3, 0.4) is 0 Å². The molecule has 13 rings (SSSR count). The average molecular weight is 912 g/mol. The number of hydrogen-bond donors (Lipinski definition) is 0. The molecule has 1 aliphatic heterocycles. The Kier molecular flexibility index (Phi) is 11.0. The van der Waals surface area contributed by atoms with Gasteiger partial charge in [0, 0.05) is 27.7 Å². The van der Waals surface area contributed by atoms with Crippen LogP contribution in [0.1, 0.15) is 45.9 Å². The molecule has 4 heteroatoms. The molecule has 1 spiro atoms. The zero-order chi connectivity index (χ0) is 47.9. The third kappa shape index (κ3) is 7.23. The molecule has 0 N–H and O–H groups in total. The van der Waals surface area contributed by atoms with Gasteiger partial charge in [-0.15, -0.1) is 13.2 Å². The molecule has 338 valence electrons. The quantitative estimate of drug-likeness (QED) is 0.0908. The second-order valence-corrected chi connectivity index (χ2v) is 18.0. The minimum absolute atomic E-state index is 0.424. The molecule has 0 amide bonds. The van der Waals surface area contributed by atoms with Crippen molar-refractivity contribution < 1.29 is 4.42 Å². The lowest BCUT2D eigenvalue weighted by Crippen LogP contribution is -2.36. The van der Waals surface area contributed by atoms with Crippen molar-refractivity contribution in [2.75, 3.05) is 4.90 Å². The van der Waals surface area contributed by atoms with E-state index in [2.05, 4.69) is 224 Å². The molecule has 2 aliphatic rings.